The molecule has 3 aromatic carbocycles. The molecule has 2 aliphatic rings. The molecule has 0 bridgehead atoms. The number of piperazine rings is 1. The number of halogens is 1. The predicted octanol–water partition coefficient (Wildman–Crippen LogP) is 3.82. The summed E-state index contributed by atoms with van der Waals surface area (Å²) in [4.78, 5) is 41.3. The van der Waals surface area contributed by atoms with Crippen LogP contribution in [-0.2, 0) is 27.3 Å². The van der Waals surface area contributed by atoms with Gasteiger partial charge < -0.3 is 15.1 Å². The van der Waals surface area contributed by atoms with Gasteiger partial charge in [-0.05, 0) is 53.3 Å². The molecule has 0 spiro atoms. The van der Waals surface area contributed by atoms with Crippen molar-refractivity contribution < 1.29 is 18.8 Å². The van der Waals surface area contributed by atoms with Crippen LogP contribution < -0.4 is 5.32 Å². The first-order valence-electron chi connectivity index (χ1n) is 12.5. The van der Waals surface area contributed by atoms with E-state index in [1.165, 1.54) is 12.1 Å². The van der Waals surface area contributed by atoms with Crippen molar-refractivity contribution in [2.45, 2.75) is 44.2 Å². The minimum atomic E-state index is -0.472. The van der Waals surface area contributed by atoms with Crippen LogP contribution in [0, 0.1) is 5.82 Å². The largest absolute Gasteiger partial charge is 0.350 e. The molecule has 5 rings (SSSR count). The van der Waals surface area contributed by atoms with Gasteiger partial charge in [-0.25, -0.2) is 4.39 Å². The predicted molar refractivity (Wildman–Crippen MR) is 135 cm³/mol. The van der Waals surface area contributed by atoms with E-state index >= 15 is 0 Å². The standard InChI is InChI=1S/C29H30FN3O3/c30-24-9-3-5-21(17-24)19-32-15-16-33(20-28(32)36)27(35)12-14-29(13-11-26(34)31-29)18-23-8-4-7-22-6-1-2-10-25(22)23/h1-10,17H,11-16,18-20H2,(H,31,34)/t29-/m1/s1. The third kappa shape index (κ3) is 5.25. The van der Waals surface area contributed by atoms with Crippen LogP contribution in [0.2, 0.25) is 0 Å². The Morgan fingerprint density at radius 1 is 1.00 bits per heavy atom. The molecule has 186 valence electrons. The van der Waals surface area contributed by atoms with Crippen molar-refractivity contribution in [3.8, 4) is 0 Å². The van der Waals surface area contributed by atoms with E-state index < -0.39 is 5.54 Å². The highest BCUT2D eigenvalue weighted by atomic mass is 19.1. The van der Waals surface area contributed by atoms with Gasteiger partial charge in [-0.2, -0.15) is 0 Å². The van der Waals surface area contributed by atoms with E-state index in [1.54, 1.807) is 21.9 Å². The fourth-order valence-corrected chi connectivity index (χ4v) is 5.44. The summed E-state index contributed by atoms with van der Waals surface area (Å²) in [6.07, 6.45) is 2.59. The molecule has 1 atom stereocenters. The number of hydrogen-bond acceptors (Lipinski definition) is 3. The van der Waals surface area contributed by atoms with E-state index in [9.17, 15) is 18.8 Å². The molecule has 0 unspecified atom stereocenters. The maximum Gasteiger partial charge on any atom is 0.242 e. The van der Waals surface area contributed by atoms with Crippen LogP contribution in [0.3, 0.4) is 0 Å². The Morgan fingerprint density at radius 3 is 2.58 bits per heavy atom. The van der Waals surface area contributed by atoms with Crippen molar-refractivity contribution in [2.24, 2.45) is 0 Å². The first-order valence-corrected chi connectivity index (χ1v) is 12.5. The molecule has 36 heavy (non-hydrogen) atoms. The molecule has 0 radical (unpaired) electrons. The molecule has 2 aliphatic heterocycles. The fraction of sp³-hybridized carbons (Fsp3) is 0.345. The highest BCUT2D eigenvalue weighted by Gasteiger charge is 2.39. The van der Waals surface area contributed by atoms with Gasteiger partial charge in [0.2, 0.25) is 17.7 Å². The summed E-state index contributed by atoms with van der Waals surface area (Å²) in [6.45, 7) is 1.22. The normalized spacial score (nSPS) is 20.1. The lowest BCUT2D eigenvalue weighted by atomic mass is 9.83. The fourth-order valence-electron chi connectivity index (χ4n) is 5.44. The van der Waals surface area contributed by atoms with Crippen molar-refractivity contribution in [2.75, 3.05) is 19.6 Å². The molecule has 0 aromatic heterocycles. The highest BCUT2D eigenvalue weighted by molar-refractivity contribution is 5.87. The van der Waals surface area contributed by atoms with Gasteiger partial charge in [0.15, 0.2) is 0 Å². The number of rotatable bonds is 7. The second kappa shape index (κ2) is 10.1. The van der Waals surface area contributed by atoms with Gasteiger partial charge in [-0.3, -0.25) is 14.4 Å². The van der Waals surface area contributed by atoms with Crippen LogP contribution in [0.1, 0.15) is 36.8 Å². The molecule has 3 aromatic rings. The van der Waals surface area contributed by atoms with E-state index in [2.05, 4.69) is 29.6 Å². The first kappa shape index (κ1) is 24.0. The molecule has 2 saturated heterocycles. The van der Waals surface area contributed by atoms with Crippen LogP contribution >= 0.6 is 0 Å². The third-order valence-electron chi connectivity index (χ3n) is 7.40. The SMILES string of the molecule is O=C1CC[C@@](CCC(=O)N2CCN(Cc3cccc(F)c3)C(=O)C2)(Cc2cccc3ccccc23)N1. The van der Waals surface area contributed by atoms with E-state index in [4.69, 9.17) is 0 Å². The monoisotopic (exact) mass is 487 g/mol. The zero-order valence-electron chi connectivity index (χ0n) is 20.2. The van der Waals surface area contributed by atoms with Crippen molar-refractivity contribution in [1.29, 1.82) is 0 Å². The van der Waals surface area contributed by atoms with Crippen LogP contribution in [0.15, 0.2) is 66.7 Å². The molecule has 0 aliphatic carbocycles. The highest BCUT2D eigenvalue weighted by Crippen LogP contribution is 2.32. The third-order valence-corrected chi connectivity index (χ3v) is 7.40. The molecule has 2 heterocycles. The zero-order valence-corrected chi connectivity index (χ0v) is 20.2. The van der Waals surface area contributed by atoms with Crippen molar-refractivity contribution >= 4 is 28.5 Å². The molecule has 7 heteroatoms. The number of hydrogen-bond donors (Lipinski definition) is 1. The quantitative estimate of drug-likeness (QED) is 0.551. The number of nitrogens with one attached hydrogen (secondary N) is 1. The van der Waals surface area contributed by atoms with Gasteiger partial charge >= 0.3 is 0 Å². The van der Waals surface area contributed by atoms with E-state index in [0.717, 1.165) is 21.9 Å². The Kier molecular flexibility index (Phi) is 6.72. The van der Waals surface area contributed by atoms with Crippen molar-refractivity contribution in [3.63, 3.8) is 0 Å². The molecule has 6 nitrogen and oxygen atoms in total. The minimum absolute atomic E-state index is 0.0174. The van der Waals surface area contributed by atoms with E-state index in [1.807, 2.05) is 18.2 Å². The van der Waals surface area contributed by atoms with E-state index in [0.29, 0.717) is 45.3 Å². The Hall–Kier alpha value is -3.74. The maximum absolute atomic E-state index is 13.5. The number of carbonyl (C=O) groups is 3. The summed E-state index contributed by atoms with van der Waals surface area (Å²) in [5.74, 6) is -0.528. The average Bonchev–Trinajstić information content (AvgIpc) is 3.24. The summed E-state index contributed by atoms with van der Waals surface area (Å²) < 4.78 is 13.5. The second-order valence-electron chi connectivity index (χ2n) is 9.90. The smallest absolute Gasteiger partial charge is 0.242 e. The van der Waals surface area contributed by atoms with Crippen molar-refractivity contribution in [1.82, 2.24) is 15.1 Å². The Bertz CT molecular complexity index is 1300. The van der Waals surface area contributed by atoms with Gasteiger partial charge in [0.05, 0.1) is 6.54 Å². The van der Waals surface area contributed by atoms with Gasteiger partial charge in [-0.15, -0.1) is 0 Å². The van der Waals surface area contributed by atoms with Crippen molar-refractivity contribution in [3.05, 3.63) is 83.7 Å². The van der Waals surface area contributed by atoms with E-state index in [-0.39, 0.29) is 36.5 Å². The summed E-state index contributed by atoms with van der Waals surface area (Å²) >= 11 is 0. The molecule has 2 fully saturated rings. The summed E-state index contributed by atoms with van der Waals surface area (Å²) in [7, 11) is 0. The topological polar surface area (TPSA) is 69.7 Å². The lowest BCUT2D eigenvalue weighted by Crippen LogP contribution is -2.52. The first-order chi connectivity index (χ1) is 17.4. The number of benzene rings is 3. The summed E-state index contributed by atoms with van der Waals surface area (Å²) in [6, 6.07) is 20.6. The van der Waals surface area contributed by atoms with Crippen LogP contribution in [0.4, 0.5) is 4.39 Å². The van der Waals surface area contributed by atoms with Gasteiger partial charge in [-0.1, -0.05) is 54.6 Å². The number of amides is 3. The Morgan fingerprint density at radius 2 is 1.81 bits per heavy atom. The van der Waals surface area contributed by atoms with Crippen LogP contribution in [0.25, 0.3) is 10.8 Å². The molecule has 3 amide bonds. The summed E-state index contributed by atoms with van der Waals surface area (Å²) in [5.41, 5.74) is 1.42. The number of carbonyl (C=O) groups excluding carboxylic acids is 3. The molecule has 0 saturated carbocycles. The van der Waals surface area contributed by atoms with Gasteiger partial charge in [0.25, 0.3) is 0 Å². The maximum atomic E-state index is 13.5. The summed E-state index contributed by atoms with van der Waals surface area (Å²) in [5, 5.41) is 5.48. The Balaban J connectivity index is 1.22. The van der Waals surface area contributed by atoms with Gasteiger partial charge in [0.1, 0.15) is 5.82 Å². The van der Waals surface area contributed by atoms with Crippen LogP contribution in [0.5, 0.6) is 0 Å². The lowest BCUT2D eigenvalue weighted by Gasteiger charge is -2.35. The van der Waals surface area contributed by atoms with Gasteiger partial charge in [0, 0.05) is 38.0 Å². The number of nitrogens with zero attached hydrogens (tertiary/aromatic N) is 2. The Labute approximate surface area is 210 Å². The zero-order chi connectivity index (χ0) is 25.1. The number of fused-ring (bicyclic) bond motifs is 1. The van der Waals surface area contributed by atoms with Crippen LogP contribution in [-0.4, -0.2) is 52.7 Å². The lowest BCUT2D eigenvalue weighted by molar-refractivity contribution is -0.145. The second-order valence-corrected chi connectivity index (χ2v) is 9.90. The molecular weight excluding hydrogens is 457 g/mol. The molecular formula is C29H30FN3O3. The minimum Gasteiger partial charge on any atom is -0.350 e. The average molecular weight is 488 g/mol. The molecule has 1 N–H and O–H groups in total.